The highest BCUT2D eigenvalue weighted by Gasteiger charge is 2.36. The van der Waals surface area contributed by atoms with Gasteiger partial charge in [-0.15, -0.1) is 0 Å². The van der Waals surface area contributed by atoms with Crippen LogP contribution in [0, 0.1) is 0 Å². The molecular weight excluding hydrogens is 560 g/mol. The second kappa shape index (κ2) is 5.52. The van der Waals surface area contributed by atoms with Gasteiger partial charge in [-0.1, -0.05) is 12.1 Å². The van der Waals surface area contributed by atoms with E-state index in [1.165, 1.54) is 12.1 Å². The number of fused-ring (bicyclic) bond motifs is 2. The number of para-hydroxylation sites is 1. The summed E-state index contributed by atoms with van der Waals surface area (Å²) in [6.07, 6.45) is 0. The highest BCUT2D eigenvalue weighted by molar-refractivity contribution is 9.15. The molecule has 0 saturated heterocycles. The van der Waals surface area contributed by atoms with Crippen molar-refractivity contribution < 1.29 is 18.2 Å². The summed E-state index contributed by atoms with van der Waals surface area (Å²) in [7, 11) is -3.81. The van der Waals surface area contributed by atoms with Crippen LogP contribution >= 0.6 is 63.7 Å². The van der Waals surface area contributed by atoms with Gasteiger partial charge in [0.2, 0.25) is 15.6 Å². The molecule has 2 aromatic rings. The standard InChI is InChI=1S/C12H4Br4O4S/c13-7-8(14)10(16)12-11(9(7)15)20-19-5-3-1-2-4-6(5)21(12,17)18/h1-4H. The molecule has 1 aliphatic heterocycles. The van der Waals surface area contributed by atoms with Gasteiger partial charge in [0, 0.05) is 4.47 Å². The van der Waals surface area contributed by atoms with Crippen molar-refractivity contribution in [3.05, 3.63) is 42.2 Å². The minimum Gasteiger partial charge on any atom is -0.288 e. The van der Waals surface area contributed by atoms with Gasteiger partial charge in [0.05, 0.1) is 13.4 Å². The number of sulfone groups is 1. The lowest BCUT2D eigenvalue weighted by molar-refractivity contribution is -0.105. The Morgan fingerprint density at radius 2 is 1.43 bits per heavy atom. The number of benzene rings is 2. The molecule has 9 heteroatoms. The zero-order chi connectivity index (χ0) is 15.4. The van der Waals surface area contributed by atoms with E-state index in [1.54, 1.807) is 12.1 Å². The van der Waals surface area contributed by atoms with Crippen molar-refractivity contribution in [2.75, 3.05) is 0 Å². The summed E-state index contributed by atoms with van der Waals surface area (Å²) in [6.45, 7) is 0. The third-order valence-corrected chi connectivity index (χ3v) is 9.64. The molecule has 0 amide bonds. The van der Waals surface area contributed by atoms with Crippen LogP contribution in [-0.2, 0) is 9.84 Å². The van der Waals surface area contributed by atoms with Crippen molar-refractivity contribution in [2.45, 2.75) is 9.79 Å². The molecule has 0 N–H and O–H groups in total. The van der Waals surface area contributed by atoms with E-state index in [9.17, 15) is 8.42 Å². The first-order valence-corrected chi connectivity index (χ1v) is 10.1. The van der Waals surface area contributed by atoms with Crippen molar-refractivity contribution >= 4 is 73.6 Å². The van der Waals surface area contributed by atoms with E-state index < -0.39 is 9.84 Å². The van der Waals surface area contributed by atoms with E-state index in [0.717, 1.165) is 0 Å². The van der Waals surface area contributed by atoms with Crippen molar-refractivity contribution in [2.24, 2.45) is 0 Å². The Hall–Kier alpha value is -0.0900. The normalized spacial score (nSPS) is 15.2. The maximum atomic E-state index is 12.9. The predicted octanol–water partition coefficient (Wildman–Crippen LogP) is 5.26. The molecule has 110 valence electrons. The topological polar surface area (TPSA) is 52.6 Å². The van der Waals surface area contributed by atoms with Gasteiger partial charge < -0.3 is 0 Å². The quantitative estimate of drug-likeness (QED) is 0.249. The molecule has 21 heavy (non-hydrogen) atoms. The molecule has 3 rings (SSSR count). The lowest BCUT2D eigenvalue weighted by Gasteiger charge is -2.12. The average Bonchev–Trinajstić information content (AvgIpc) is 2.58. The van der Waals surface area contributed by atoms with Gasteiger partial charge in [-0.3, -0.25) is 9.78 Å². The number of rotatable bonds is 0. The smallest absolute Gasteiger partial charge is 0.215 e. The van der Waals surface area contributed by atoms with Crippen molar-refractivity contribution in [1.82, 2.24) is 0 Å². The van der Waals surface area contributed by atoms with Gasteiger partial charge in [-0.05, 0) is 75.9 Å². The Morgan fingerprint density at radius 3 is 2.14 bits per heavy atom. The van der Waals surface area contributed by atoms with Gasteiger partial charge in [-0.2, -0.15) is 0 Å². The zero-order valence-corrected chi connectivity index (χ0v) is 17.0. The van der Waals surface area contributed by atoms with Crippen LogP contribution in [0.3, 0.4) is 0 Å². The maximum absolute atomic E-state index is 12.9. The first-order valence-electron chi connectivity index (χ1n) is 5.40. The van der Waals surface area contributed by atoms with Crippen LogP contribution in [0.4, 0.5) is 0 Å². The molecule has 0 unspecified atom stereocenters. The summed E-state index contributed by atoms with van der Waals surface area (Å²) in [5.41, 5.74) is 0. The van der Waals surface area contributed by atoms with Gasteiger partial charge in [-0.25, -0.2) is 8.42 Å². The third-order valence-electron chi connectivity index (χ3n) is 2.81. The Kier molecular flexibility index (Phi) is 4.15. The molecule has 0 saturated carbocycles. The van der Waals surface area contributed by atoms with E-state index in [1.807, 2.05) is 0 Å². The van der Waals surface area contributed by atoms with E-state index >= 15 is 0 Å². The fraction of sp³-hybridized carbons (Fsp3) is 0. The minimum absolute atomic E-state index is 0.00519. The molecule has 0 atom stereocenters. The van der Waals surface area contributed by atoms with E-state index in [2.05, 4.69) is 63.7 Å². The Bertz CT molecular complexity index is 864. The highest BCUT2D eigenvalue weighted by atomic mass is 79.9. The lowest BCUT2D eigenvalue weighted by Crippen LogP contribution is -2.04. The summed E-state index contributed by atoms with van der Waals surface area (Å²) in [4.78, 5) is 10.5. The van der Waals surface area contributed by atoms with E-state index in [4.69, 9.17) is 9.78 Å². The molecule has 0 spiro atoms. The largest absolute Gasteiger partial charge is 0.288 e. The highest BCUT2D eigenvalue weighted by Crippen LogP contribution is 2.51. The molecule has 0 fully saturated rings. The number of halogens is 4. The molecule has 1 aliphatic rings. The van der Waals surface area contributed by atoms with Crippen molar-refractivity contribution in [1.29, 1.82) is 0 Å². The second-order valence-electron chi connectivity index (χ2n) is 4.03. The SMILES string of the molecule is O=S1(=O)c2ccccc2OOc2c(Br)c(Br)c(Br)c(Br)c21. The Balaban J connectivity index is 2.46. The Morgan fingerprint density at radius 1 is 0.810 bits per heavy atom. The summed E-state index contributed by atoms with van der Waals surface area (Å²) in [5, 5.41) is 0. The van der Waals surface area contributed by atoms with E-state index in [-0.39, 0.29) is 21.3 Å². The third kappa shape index (κ3) is 2.37. The summed E-state index contributed by atoms with van der Waals surface area (Å²) < 4.78 is 27.8. The van der Waals surface area contributed by atoms with Gasteiger partial charge in [0.25, 0.3) is 0 Å². The van der Waals surface area contributed by atoms with Gasteiger partial charge in [0.1, 0.15) is 9.79 Å². The minimum atomic E-state index is -3.81. The van der Waals surface area contributed by atoms with Crippen LogP contribution in [0.25, 0.3) is 0 Å². The lowest BCUT2D eigenvalue weighted by atomic mass is 10.3. The maximum Gasteiger partial charge on any atom is 0.215 e. The number of hydrogen-bond donors (Lipinski definition) is 0. The van der Waals surface area contributed by atoms with Crippen LogP contribution in [-0.4, -0.2) is 8.42 Å². The summed E-state index contributed by atoms with van der Waals surface area (Å²) >= 11 is 13.3. The molecule has 2 aromatic carbocycles. The molecule has 0 aromatic heterocycles. The van der Waals surface area contributed by atoms with Crippen LogP contribution in [0.1, 0.15) is 0 Å². The molecule has 1 heterocycles. The molecule has 0 bridgehead atoms. The first kappa shape index (κ1) is 15.8. The molecule has 0 radical (unpaired) electrons. The Labute approximate surface area is 154 Å². The predicted molar refractivity (Wildman–Crippen MR) is 90.4 cm³/mol. The second-order valence-corrected chi connectivity index (χ2v) is 9.06. The monoisotopic (exact) mass is 560 g/mol. The molecule has 0 aliphatic carbocycles. The van der Waals surface area contributed by atoms with Gasteiger partial charge >= 0.3 is 0 Å². The zero-order valence-electron chi connectivity index (χ0n) is 9.86. The van der Waals surface area contributed by atoms with E-state index in [0.29, 0.717) is 17.9 Å². The van der Waals surface area contributed by atoms with Crippen LogP contribution in [0.15, 0.2) is 51.9 Å². The average molecular weight is 564 g/mol. The first-order chi connectivity index (χ1) is 9.85. The van der Waals surface area contributed by atoms with Crippen LogP contribution < -0.4 is 9.78 Å². The number of hydrogen-bond acceptors (Lipinski definition) is 4. The molecule has 4 nitrogen and oxygen atoms in total. The van der Waals surface area contributed by atoms with Crippen molar-refractivity contribution in [3.8, 4) is 11.5 Å². The fourth-order valence-corrected chi connectivity index (χ4v) is 6.46. The summed E-state index contributed by atoms with van der Waals surface area (Å²) in [5.74, 6) is 0.216. The summed E-state index contributed by atoms with van der Waals surface area (Å²) in [6, 6.07) is 6.30. The van der Waals surface area contributed by atoms with Crippen LogP contribution in [0.2, 0.25) is 0 Å². The fourth-order valence-electron chi connectivity index (χ4n) is 1.84. The molecular formula is C12H4Br4O4S. The van der Waals surface area contributed by atoms with Crippen LogP contribution in [0.5, 0.6) is 11.5 Å². The van der Waals surface area contributed by atoms with Crippen molar-refractivity contribution in [3.63, 3.8) is 0 Å². The van der Waals surface area contributed by atoms with Gasteiger partial charge in [0.15, 0.2) is 5.75 Å².